The molecule has 0 aliphatic rings. The van der Waals surface area contributed by atoms with Crippen LogP contribution < -0.4 is 15.0 Å². The lowest BCUT2D eigenvalue weighted by Gasteiger charge is -2.16. The number of hydrogen-bond acceptors (Lipinski definition) is 2. The number of carbonyl (C=O) groups is 1. The Hall–Kier alpha value is -2.11. The normalized spacial score (nSPS) is 11.8. The molecule has 1 unspecified atom stereocenters. The smallest absolute Gasteiger partial charge is 0.275 e. The highest BCUT2D eigenvalue weighted by molar-refractivity contribution is 6.30. The Kier molecular flexibility index (Phi) is 7.22. The van der Waals surface area contributed by atoms with Crippen LogP contribution in [0.25, 0.3) is 0 Å². The number of ether oxygens (including phenoxy) is 1. The molecule has 0 saturated heterocycles. The van der Waals surface area contributed by atoms with Gasteiger partial charge < -0.3 is 15.0 Å². The SMILES string of the molecule is COc1ccc(Cl)cc1C[NH+](C)CC(=O)NCCc1ccccc1F. The summed E-state index contributed by atoms with van der Waals surface area (Å²) in [5.41, 5.74) is 1.55. The van der Waals surface area contributed by atoms with Crippen molar-refractivity contribution in [1.82, 2.24) is 5.32 Å². The molecule has 1 atom stereocenters. The van der Waals surface area contributed by atoms with Gasteiger partial charge in [-0.1, -0.05) is 29.8 Å². The molecule has 0 fully saturated rings. The molecule has 0 spiro atoms. The number of nitrogens with one attached hydrogen (secondary N) is 2. The molecule has 25 heavy (non-hydrogen) atoms. The number of rotatable bonds is 8. The van der Waals surface area contributed by atoms with Crippen molar-refractivity contribution in [3.05, 3.63) is 64.4 Å². The first kappa shape index (κ1) is 19.2. The van der Waals surface area contributed by atoms with Gasteiger partial charge in [0.2, 0.25) is 0 Å². The summed E-state index contributed by atoms with van der Waals surface area (Å²) in [6, 6.07) is 12.0. The molecule has 4 nitrogen and oxygen atoms in total. The van der Waals surface area contributed by atoms with Crippen molar-refractivity contribution in [3.8, 4) is 5.75 Å². The van der Waals surface area contributed by atoms with Gasteiger partial charge in [-0.2, -0.15) is 0 Å². The first-order chi connectivity index (χ1) is 12.0. The zero-order chi connectivity index (χ0) is 18.2. The monoisotopic (exact) mass is 365 g/mol. The van der Waals surface area contributed by atoms with Crippen LogP contribution in [0.15, 0.2) is 42.5 Å². The summed E-state index contributed by atoms with van der Waals surface area (Å²) in [6.07, 6.45) is 0.472. The van der Waals surface area contributed by atoms with Crippen LogP contribution in [0.5, 0.6) is 5.75 Å². The molecule has 0 saturated carbocycles. The molecule has 0 radical (unpaired) electrons. The van der Waals surface area contributed by atoms with Gasteiger partial charge in [0.1, 0.15) is 18.1 Å². The fourth-order valence-corrected chi connectivity index (χ4v) is 2.84. The third-order valence-corrected chi connectivity index (χ3v) is 4.11. The molecule has 0 aliphatic heterocycles. The molecule has 2 aromatic carbocycles. The van der Waals surface area contributed by atoms with E-state index in [2.05, 4.69) is 5.32 Å². The van der Waals surface area contributed by atoms with Crippen molar-refractivity contribution in [2.24, 2.45) is 0 Å². The average Bonchev–Trinajstić information content (AvgIpc) is 2.56. The van der Waals surface area contributed by atoms with E-state index in [0.29, 0.717) is 36.6 Å². The van der Waals surface area contributed by atoms with Crippen LogP contribution >= 0.6 is 11.6 Å². The second kappa shape index (κ2) is 9.39. The standard InChI is InChI=1S/C19H22ClFN2O2/c1-23(12-15-11-16(20)7-8-18(15)25-2)13-19(24)22-10-9-14-5-3-4-6-17(14)21/h3-8,11H,9-10,12-13H2,1-2H3,(H,22,24)/p+1. The van der Waals surface area contributed by atoms with Crippen molar-refractivity contribution in [2.75, 3.05) is 27.2 Å². The molecule has 0 bridgehead atoms. The molecule has 6 heteroatoms. The van der Waals surface area contributed by atoms with Gasteiger partial charge in [0.25, 0.3) is 5.91 Å². The third-order valence-electron chi connectivity index (χ3n) is 3.87. The summed E-state index contributed by atoms with van der Waals surface area (Å²) in [5, 5.41) is 3.47. The summed E-state index contributed by atoms with van der Waals surface area (Å²) in [4.78, 5) is 13.1. The Morgan fingerprint density at radius 1 is 1.24 bits per heavy atom. The molecular formula is C19H23ClFN2O2+. The highest BCUT2D eigenvalue weighted by Gasteiger charge is 2.14. The van der Waals surface area contributed by atoms with E-state index in [9.17, 15) is 9.18 Å². The number of amides is 1. The molecular weight excluding hydrogens is 343 g/mol. The summed E-state index contributed by atoms with van der Waals surface area (Å²) in [7, 11) is 3.54. The van der Waals surface area contributed by atoms with Crippen LogP contribution in [0, 0.1) is 5.82 Å². The first-order valence-corrected chi connectivity index (χ1v) is 8.51. The molecule has 1 amide bonds. The number of quaternary nitrogens is 1. The minimum absolute atomic E-state index is 0.0742. The van der Waals surface area contributed by atoms with Gasteiger partial charge in [0, 0.05) is 17.1 Å². The lowest BCUT2D eigenvalue weighted by atomic mass is 10.1. The number of carbonyl (C=O) groups excluding carboxylic acids is 1. The Balaban J connectivity index is 1.80. The van der Waals surface area contributed by atoms with Crippen LogP contribution in [0.3, 0.4) is 0 Å². The van der Waals surface area contributed by atoms with E-state index in [1.54, 1.807) is 31.4 Å². The Morgan fingerprint density at radius 2 is 2.00 bits per heavy atom. The Labute approximate surface area is 152 Å². The van der Waals surface area contributed by atoms with Crippen LogP contribution in [-0.4, -0.2) is 33.2 Å². The molecule has 0 aliphatic carbocycles. The quantitative estimate of drug-likeness (QED) is 0.750. The summed E-state index contributed by atoms with van der Waals surface area (Å²) in [5.74, 6) is 0.436. The maximum absolute atomic E-state index is 13.5. The van der Waals surface area contributed by atoms with Crippen LogP contribution in [0.1, 0.15) is 11.1 Å². The maximum Gasteiger partial charge on any atom is 0.275 e. The number of hydrogen-bond donors (Lipinski definition) is 2. The Morgan fingerprint density at radius 3 is 2.72 bits per heavy atom. The summed E-state index contributed by atoms with van der Waals surface area (Å²) in [6.45, 7) is 1.34. The average molecular weight is 366 g/mol. The van der Waals surface area contributed by atoms with E-state index in [-0.39, 0.29) is 11.7 Å². The maximum atomic E-state index is 13.5. The van der Waals surface area contributed by atoms with Crippen molar-refractivity contribution in [1.29, 1.82) is 0 Å². The number of benzene rings is 2. The highest BCUT2D eigenvalue weighted by atomic mass is 35.5. The minimum Gasteiger partial charge on any atom is -0.496 e. The number of methoxy groups -OCH3 is 1. The third kappa shape index (κ3) is 6.03. The minimum atomic E-state index is -0.243. The molecule has 2 rings (SSSR count). The molecule has 0 heterocycles. The van der Waals surface area contributed by atoms with E-state index in [1.165, 1.54) is 6.07 Å². The largest absolute Gasteiger partial charge is 0.496 e. The van der Waals surface area contributed by atoms with Gasteiger partial charge in [0.15, 0.2) is 6.54 Å². The summed E-state index contributed by atoms with van der Waals surface area (Å²) < 4.78 is 18.9. The van der Waals surface area contributed by atoms with Crippen molar-refractivity contribution in [3.63, 3.8) is 0 Å². The van der Waals surface area contributed by atoms with Crippen LogP contribution in [-0.2, 0) is 17.8 Å². The number of halogens is 2. The highest BCUT2D eigenvalue weighted by Crippen LogP contribution is 2.21. The zero-order valence-electron chi connectivity index (χ0n) is 14.4. The second-order valence-electron chi connectivity index (χ2n) is 5.96. The molecule has 2 aromatic rings. The first-order valence-electron chi connectivity index (χ1n) is 8.13. The molecule has 0 aromatic heterocycles. The predicted molar refractivity (Wildman–Crippen MR) is 96.6 cm³/mol. The van der Waals surface area contributed by atoms with Gasteiger partial charge in [-0.3, -0.25) is 4.79 Å². The lowest BCUT2D eigenvalue weighted by Crippen LogP contribution is -3.08. The fraction of sp³-hybridized carbons (Fsp3) is 0.316. The summed E-state index contributed by atoms with van der Waals surface area (Å²) >= 11 is 6.03. The molecule has 2 N–H and O–H groups in total. The Bertz CT molecular complexity index is 724. The van der Waals surface area contributed by atoms with Gasteiger partial charge in [-0.15, -0.1) is 0 Å². The van der Waals surface area contributed by atoms with Crippen LogP contribution in [0.2, 0.25) is 5.02 Å². The van der Waals surface area contributed by atoms with E-state index >= 15 is 0 Å². The topological polar surface area (TPSA) is 42.8 Å². The van der Waals surface area contributed by atoms with Crippen LogP contribution in [0.4, 0.5) is 4.39 Å². The predicted octanol–water partition coefficient (Wildman–Crippen LogP) is 1.86. The van der Waals surface area contributed by atoms with E-state index in [1.807, 2.05) is 19.2 Å². The van der Waals surface area contributed by atoms with E-state index < -0.39 is 0 Å². The van der Waals surface area contributed by atoms with Gasteiger partial charge in [0.05, 0.1) is 14.2 Å². The lowest BCUT2D eigenvalue weighted by molar-refractivity contribution is -0.885. The van der Waals surface area contributed by atoms with E-state index in [0.717, 1.165) is 16.2 Å². The fourth-order valence-electron chi connectivity index (χ4n) is 2.65. The van der Waals surface area contributed by atoms with Crippen molar-refractivity contribution < 1.29 is 18.8 Å². The van der Waals surface area contributed by atoms with Gasteiger partial charge >= 0.3 is 0 Å². The van der Waals surface area contributed by atoms with Crippen molar-refractivity contribution >= 4 is 17.5 Å². The molecule has 134 valence electrons. The number of likely N-dealkylation sites (N-methyl/N-ethyl adjacent to an activating group) is 1. The van der Waals surface area contributed by atoms with Gasteiger partial charge in [-0.05, 0) is 36.2 Å². The second-order valence-corrected chi connectivity index (χ2v) is 6.39. The van der Waals surface area contributed by atoms with Gasteiger partial charge in [-0.25, -0.2) is 4.39 Å². The van der Waals surface area contributed by atoms with Crippen molar-refractivity contribution in [2.45, 2.75) is 13.0 Å². The zero-order valence-corrected chi connectivity index (χ0v) is 15.2. The van der Waals surface area contributed by atoms with E-state index in [4.69, 9.17) is 16.3 Å².